The fourth-order valence-electron chi connectivity index (χ4n) is 1.67. The zero-order chi connectivity index (χ0) is 15.5. The molecule has 0 saturated heterocycles. The van der Waals surface area contributed by atoms with Crippen LogP contribution in [0, 0.1) is 13.8 Å². The monoisotopic (exact) mass is 307 g/mol. The summed E-state index contributed by atoms with van der Waals surface area (Å²) in [5, 5.41) is 10.6. The van der Waals surface area contributed by atoms with Gasteiger partial charge in [-0.15, -0.1) is 5.10 Å². The Kier molecular flexibility index (Phi) is 4.49. The molecule has 1 heterocycles. The van der Waals surface area contributed by atoms with Gasteiger partial charge in [-0.2, -0.15) is 5.10 Å². The standard InChI is InChI=1S/C13H17N5O2S/c1-9-10(2)16-17-13(15-9)18-21(19,20)12-6-4-11(5-7-12)8-14-3/h4-7,14H,8H2,1-3H3,(H,15,17,18). The average molecular weight is 307 g/mol. The van der Waals surface area contributed by atoms with Crippen LogP contribution in [-0.4, -0.2) is 30.6 Å². The molecule has 1 aromatic carbocycles. The Morgan fingerprint density at radius 2 is 1.71 bits per heavy atom. The predicted molar refractivity (Wildman–Crippen MR) is 79.3 cm³/mol. The summed E-state index contributed by atoms with van der Waals surface area (Å²) in [6.07, 6.45) is 0. The Labute approximate surface area is 123 Å². The van der Waals surface area contributed by atoms with Gasteiger partial charge >= 0.3 is 0 Å². The second-order valence-electron chi connectivity index (χ2n) is 4.59. The minimum atomic E-state index is -3.71. The fourth-order valence-corrected chi connectivity index (χ4v) is 2.61. The first-order chi connectivity index (χ1) is 9.92. The summed E-state index contributed by atoms with van der Waals surface area (Å²) >= 11 is 0. The minimum Gasteiger partial charge on any atom is -0.316 e. The Morgan fingerprint density at radius 3 is 2.29 bits per heavy atom. The van der Waals surface area contributed by atoms with Gasteiger partial charge in [-0.25, -0.2) is 18.1 Å². The zero-order valence-corrected chi connectivity index (χ0v) is 12.9. The molecule has 0 aliphatic heterocycles. The highest BCUT2D eigenvalue weighted by atomic mass is 32.2. The molecule has 0 saturated carbocycles. The van der Waals surface area contributed by atoms with E-state index in [1.54, 1.807) is 38.1 Å². The van der Waals surface area contributed by atoms with Gasteiger partial charge in [0.2, 0.25) is 0 Å². The van der Waals surface area contributed by atoms with Gasteiger partial charge in [-0.05, 0) is 38.6 Å². The average Bonchev–Trinajstić information content (AvgIpc) is 2.44. The molecule has 8 heteroatoms. The third-order valence-electron chi connectivity index (χ3n) is 2.93. The Morgan fingerprint density at radius 1 is 1.05 bits per heavy atom. The molecule has 7 nitrogen and oxygen atoms in total. The summed E-state index contributed by atoms with van der Waals surface area (Å²) in [4.78, 5) is 4.21. The van der Waals surface area contributed by atoms with Crippen LogP contribution in [0.2, 0.25) is 0 Å². The molecule has 1 aromatic heterocycles. The highest BCUT2D eigenvalue weighted by Crippen LogP contribution is 2.14. The predicted octanol–water partition coefficient (Wildman–Crippen LogP) is 1.01. The van der Waals surface area contributed by atoms with Crippen LogP contribution in [-0.2, 0) is 16.6 Å². The summed E-state index contributed by atoms with van der Waals surface area (Å²) in [5.74, 6) is -0.0302. The van der Waals surface area contributed by atoms with Gasteiger partial charge in [-0.1, -0.05) is 12.1 Å². The maximum absolute atomic E-state index is 12.2. The van der Waals surface area contributed by atoms with E-state index in [0.717, 1.165) is 5.56 Å². The van der Waals surface area contributed by atoms with Crippen LogP contribution in [0.1, 0.15) is 17.0 Å². The molecule has 0 amide bonds. The number of nitrogens with zero attached hydrogens (tertiary/aromatic N) is 3. The summed E-state index contributed by atoms with van der Waals surface area (Å²) in [5.41, 5.74) is 2.29. The highest BCUT2D eigenvalue weighted by molar-refractivity contribution is 7.92. The van der Waals surface area contributed by atoms with Crippen LogP contribution < -0.4 is 10.0 Å². The van der Waals surface area contributed by atoms with Crippen LogP contribution in [0.5, 0.6) is 0 Å². The molecule has 0 fully saturated rings. The number of sulfonamides is 1. The molecule has 0 unspecified atom stereocenters. The van der Waals surface area contributed by atoms with Crippen LogP contribution >= 0.6 is 0 Å². The van der Waals surface area contributed by atoms with Crippen molar-refractivity contribution in [2.24, 2.45) is 0 Å². The molecule has 0 spiro atoms. The molecule has 0 radical (unpaired) electrons. The maximum atomic E-state index is 12.2. The Hall–Kier alpha value is -2.06. The van der Waals surface area contributed by atoms with Crippen molar-refractivity contribution in [3.63, 3.8) is 0 Å². The number of aryl methyl sites for hydroxylation is 2. The second kappa shape index (κ2) is 6.15. The lowest BCUT2D eigenvalue weighted by Crippen LogP contribution is -2.16. The fraction of sp³-hybridized carbons (Fsp3) is 0.308. The molecule has 2 rings (SSSR count). The van der Waals surface area contributed by atoms with E-state index in [4.69, 9.17) is 0 Å². The molecule has 2 aromatic rings. The van der Waals surface area contributed by atoms with Crippen molar-refractivity contribution in [2.45, 2.75) is 25.3 Å². The first-order valence-corrected chi connectivity index (χ1v) is 7.85. The summed E-state index contributed by atoms with van der Waals surface area (Å²) < 4.78 is 26.8. The number of hydrogen-bond donors (Lipinski definition) is 2. The first kappa shape index (κ1) is 15.3. The van der Waals surface area contributed by atoms with Crippen molar-refractivity contribution < 1.29 is 8.42 Å². The number of nitrogens with one attached hydrogen (secondary N) is 2. The number of aromatic nitrogens is 3. The Balaban J connectivity index is 2.23. The van der Waals surface area contributed by atoms with E-state index in [-0.39, 0.29) is 10.8 Å². The van der Waals surface area contributed by atoms with Crippen molar-refractivity contribution in [3.05, 3.63) is 41.2 Å². The van der Waals surface area contributed by atoms with Gasteiger partial charge in [0.1, 0.15) is 0 Å². The largest absolute Gasteiger partial charge is 0.316 e. The third kappa shape index (κ3) is 3.73. The third-order valence-corrected chi connectivity index (χ3v) is 4.28. The van der Waals surface area contributed by atoms with Crippen molar-refractivity contribution in [2.75, 3.05) is 11.8 Å². The lowest BCUT2D eigenvalue weighted by molar-refractivity contribution is 0.600. The van der Waals surface area contributed by atoms with E-state index >= 15 is 0 Å². The summed E-state index contributed by atoms with van der Waals surface area (Å²) in [6.45, 7) is 4.18. The molecule has 0 bridgehead atoms. The highest BCUT2D eigenvalue weighted by Gasteiger charge is 2.16. The number of benzene rings is 1. The van der Waals surface area contributed by atoms with Crippen LogP contribution in [0.15, 0.2) is 29.2 Å². The normalized spacial score (nSPS) is 11.4. The maximum Gasteiger partial charge on any atom is 0.264 e. The molecule has 21 heavy (non-hydrogen) atoms. The zero-order valence-electron chi connectivity index (χ0n) is 12.1. The van der Waals surface area contributed by atoms with Crippen LogP contribution in [0.3, 0.4) is 0 Å². The quantitative estimate of drug-likeness (QED) is 0.855. The molecule has 112 valence electrons. The van der Waals surface area contributed by atoms with E-state index in [2.05, 4.69) is 25.2 Å². The molecule has 0 aliphatic carbocycles. The van der Waals surface area contributed by atoms with Gasteiger partial charge in [0.05, 0.1) is 16.3 Å². The first-order valence-electron chi connectivity index (χ1n) is 6.36. The summed E-state index contributed by atoms with van der Waals surface area (Å²) in [7, 11) is -1.88. The topological polar surface area (TPSA) is 96.9 Å². The van der Waals surface area contributed by atoms with Gasteiger partial charge in [0.15, 0.2) is 0 Å². The smallest absolute Gasteiger partial charge is 0.264 e. The SMILES string of the molecule is CNCc1ccc(S(=O)(=O)Nc2nnc(C)c(C)n2)cc1. The van der Waals surface area contributed by atoms with Gasteiger partial charge in [-0.3, -0.25) is 0 Å². The van der Waals surface area contributed by atoms with E-state index < -0.39 is 10.0 Å². The van der Waals surface area contributed by atoms with E-state index in [0.29, 0.717) is 17.9 Å². The van der Waals surface area contributed by atoms with Crippen molar-refractivity contribution in [3.8, 4) is 0 Å². The Bertz CT molecular complexity index is 729. The van der Waals surface area contributed by atoms with E-state index in [1.807, 2.05) is 7.05 Å². The number of hydrogen-bond acceptors (Lipinski definition) is 6. The summed E-state index contributed by atoms with van der Waals surface area (Å²) in [6, 6.07) is 6.60. The number of rotatable bonds is 5. The van der Waals surface area contributed by atoms with Crippen molar-refractivity contribution in [1.82, 2.24) is 20.5 Å². The van der Waals surface area contributed by atoms with Crippen molar-refractivity contribution >= 4 is 16.0 Å². The van der Waals surface area contributed by atoms with Gasteiger partial charge < -0.3 is 5.32 Å². The molecule has 2 N–H and O–H groups in total. The van der Waals surface area contributed by atoms with Crippen molar-refractivity contribution in [1.29, 1.82) is 0 Å². The lowest BCUT2D eigenvalue weighted by atomic mass is 10.2. The van der Waals surface area contributed by atoms with E-state index in [9.17, 15) is 8.42 Å². The molecular weight excluding hydrogens is 290 g/mol. The second-order valence-corrected chi connectivity index (χ2v) is 6.27. The van der Waals surface area contributed by atoms with E-state index in [1.165, 1.54) is 0 Å². The molecule has 0 atom stereocenters. The lowest BCUT2D eigenvalue weighted by Gasteiger charge is -2.08. The minimum absolute atomic E-state index is 0.0302. The number of anilines is 1. The molecular formula is C13H17N5O2S. The van der Waals surface area contributed by atoms with Gasteiger partial charge in [0, 0.05) is 6.54 Å². The van der Waals surface area contributed by atoms with Gasteiger partial charge in [0.25, 0.3) is 16.0 Å². The van der Waals surface area contributed by atoms with Crippen LogP contribution in [0.25, 0.3) is 0 Å². The molecule has 0 aliphatic rings. The van der Waals surface area contributed by atoms with Crippen LogP contribution in [0.4, 0.5) is 5.95 Å².